The number of ether oxygens (including phenoxy) is 2. The highest BCUT2D eigenvalue weighted by molar-refractivity contribution is 5.69. The van der Waals surface area contributed by atoms with Crippen molar-refractivity contribution in [2.75, 3.05) is 55.1 Å². The minimum Gasteiger partial charge on any atom is -0.384 e. The van der Waals surface area contributed by atoms with Gasteiger partial charge >= 0.3 is 6.18 Å². The first kappa shape index (κ1) is 20.3. The van der Waals surface area contributed by atoms with Crippen molar-refractivity contribution < 1.29 is 22.6 Å². The number of halogens is 3. The summed E-state index contributed by atoms with van der Waals surface area (Å²) in [5.41, 5.74) is 4.76. The predicted octanol–water partition coefficient (Wildman–Crippen LogP) is 2.34. The van der Waals surface area contributed by atoms with E-state index in [0.717, 1.165) is 25.1 Å². The Morgan fingerprint density at radius 3 is 2.39 bits per heavy atom. The van der Waals surface area contributed by atoms with E-state index in [1.54, 1.807) is 6.07 Å². The number of rotatable bonds is 3. The summed E-state index contributed by atoms with van der Waals surface area (Å²) in [4.78, 5) is 17.4. The van der Waals surface area contributed by atoms with Crippen molar-refractivity contribution in [1.82, 2.24) is 15.0 Å². The van der Waals surface area contributed by atoms with Crippen LogP contribution in [0.3, 0.4) is 0 Å². The Kier molecular flexibility index (Phi) is 5.09. The molecule has 0 spiro atoms. The van der Waals surface area contributed by atoms with Crippen molar-refractivity contribution in [1.29, 1.82) is 0 Å². The minimum absolute atomic E-state index is 0.111. The molecule has 0 aromatic carbocycles. The molecule has 2 aromatic rings. The third-order valence-corrected chi connectivity index (χ3v) is 6.01. The SMILES string of the molecule is Nc1cc(C(F)(F)F)c(-c2cc(N3CCOCC3)nc(N3C4CCC3COC4)n2)cn1. The maximum Gasteiger partial charge on any atom is 0.417 e. The molecule has 0 amide bonds. The molecule has 2 N–H and O–H groups in total. The van der Waals surface area contributed by atoms with Crippen molar-refractivity contribution in [2.24, 2.45) is 0 Å². The second kappa shape index (κ2) is 7.79. The Hall–Kier alpha value is -2.66. The normalized spacial score (nSPS) is 24.0. The average molecular weight is 436 g/mol. The number of alkyl halides is 3. The summed E-state index contributed by atoms with van der Waals surface area (Å²) in [6, 6.07) is 2.69. The van der Waals surface area contributed by atoms with E-state index in [2.05, 4.69) is 14.9 Å². The van der Waals surface area contributed by atoms with Crippen LogP contribution in [0.5, 0.6) is 0 Å². The van der Waals surface area contributed by atoms with Crippen molar-refractivity contribution in [3.05, 3.63) is 23.9 Å². The number of anilines is 3. The van der Waals surface area contributed by atoms with E-state index in [1.807, 2.05) is 4.90 Å². The molecule has 8 nitrogen and oxygen atoms in total. The number of fused-ring (bicyclic) bond motifs is 2. The second-order valence-electron chi connectivity index (χ2n) is 7.99. The van der Waals surface area contributed by atoms with Gasteiger partial charge in [-0.3, -0.25) is 0 Å². The Morgan fingerprint density at radius 1 is 1.00 bits per heavy atom. The number of hydrogen-bond donors (Lipinski definition) is 1. The van der Waals surface area contributed by atoms with Gasteiger partial charge in [0.25, 0.3) is 0 Å². The molecule has 2 atom stereocenters. The number of nitrogens with zero attached hydrogens (tertiary/aromatic N) is 5. The zero-order valence-electron chi connectivity index (χ0n) is 16.8. The summed E-state index contributed by atoms with van der Waals surface area (Å²) in [6.45, 7) is 3.42. The zero-order valence-corrected chi connectivity index (χ0v) is 16.8. The molecule has 166 valence electrons. The molecule has 31 heavy (non-hydrogen) atoms. The summed E-state index contributed by atoms with van der Waals surface area (Å²) in [5, 5.41) is 0. The van der Waals surface area contributed by atoms with Gasteiger partial charge in [-0.1, -0.05) is 0 Å². The summed E-state index contributed by atoms with van der Waals surface area (Å²) in [7, 11) is 0. The van der Waals surface area contributed by atoms with Crippen LogP contribution in [0.4, 0.5) is 30.8 Å². The van der Waals surface area contributed by atoms with Crippen molar-refractivity contribution in [3.8, 4) is 11.3 Å². The average Bonchev–Trinajstić information content (AvgIpc) is 3.02. The molecule has 5 rings (SSSR count). The van der Waals surface area contributed by atoms with Gasteiger partial charge in [-0.05, 0) is 18.9 Å². The molecule has 3 fully saturated rings. The number of hydrogen-bond acceptors (Lipinski definition) is 8. The topological polar surface area (TPSA) is 89.6 Å². The van der Waals surface area contributed by atoms with Crippen LogP contribution in [0.25, 0.3) is 11.3 Å². The van der Waals surface area contributed by atoms with Crippen LogP contribution in [0.1, 0.15) is 18.4 Å². The van der Waals surface area contributed by atoms with Gasteiger partial charge < -0.3 is 25.0 Å². The second-order valence-corrected chi connectivity index (χ2v) is 7.99. The van der Waals surface area contributed by atoms with Crippen molar-refractivity contribution in [3.63, 3.8) is 0 Å². The first-order chi connectivity index (χ1) is 14.9. The van der Waals surface area contributed by atoms with Crippen LogP contribution in [0.15, 0.2) is 18.3 Å². The maximum absolute atomic E-state index is 13.8. The standard InChI is InChI=1S/C20H23F3N6O2/c21-20(22,23)15-7-17(24)25-9-14(15)16-8-18(28-3-5-30-6-4-28)27-19(26-16)29-12-1-2-13(29)11-31-10-12/h7-9,12-13H,1-6,10-11H2,(H2,24,25). The molecule has 2 unspecified atom stereocenters. The fraction of sp³-hybridized carbons (Fsp3) is 0.550. The van der Waals surface area contributed by atoms with Gasteiger partial charge in [0.15, 0.2) is 0 Å². The molecular formula is C20H23F3N6O2. The number of nitrogens with two attached hydrogens (primary N) is 1. The highest BCUT2D eigenvalue weighted by Gasteiger charge is 2.40. The lowest BCUT2D eigenvalue weighted by atomic mass is 10.1. The van der Waals surface area contributed by atoms with Crippen LogP contribution in [0, 0.1) is 0 Å². The highest BCUT2D eigenvalue weighted by atomic mass is 19.4. The van der Waals surface area contributed by atoms with Gasteiger partial charge in [-0.2, -0.15) is 18.2 Å². The monoisotopic (exact) mass is 436 g/mol. The van der Waals surface area contributed by atoms with Gasteiger partial charge in [-0.15, -0.1) is 0 Å². The van der Waals surface area contributed by atoms with Crippen LogP contribution in [-0.2, 0) is 15.7 Å². The lowest BCUT2D eigenvalue weighted by molar-refractivity contribution is -0.137. The Labute approximate surface area is 177 Å². The molecule has 3 aliphatic heterocycles. The summed E-state index contributed by atoms with van der Waals surface area (Å²) < 4.78 is 52.4. The highest BCUT2D eigenvalue weighted by Crippen LogP contribution is 2.39. The van der Waals surface area contributed by atoms with Crippen LogP contribution in [-0.4, -0.2) is 66.6 Å². The molecule has 11 heteroatoms. The summed E-state index contributed by atoms with van der Waals surface area (Å²) >= 11 is 0. The largest absolute Gasteiger partial charge is 0.417 e. The van der Waals surface area contributed by atoms with E-state index in [9.17, 15) is 13.2 Å². The third kappa shape index (κ3) is 3.87. The zero-order chi connectivity index (χ0) is 21.6. The first-order valence-electron chi connectivity index (χ1n) is 10.3. The molecule has 2 bridgehead atoms. The van der Waals surface area contributed by atoms with Gasteiger partial charge in [0, 0.05) is 30.9 Å². The van der Waals surface area contributed by atoms with Crippen LogP contribution >= 0.6 is 0 Å². The third-order valence-electron chi connectivity index (χ3n) is 6.01. The molecular weight excluding hydrogens is 413 g/mol. The Morgan fingerprint density at radius 2 is 1.71 bits per heavy atom. The van der Waals surface area contributed by atoms with Gasteiger partial charge in [0.2, 0.25) is 5.95 Å². The van der Waals surface area contributed by atoms with Gasteiger partial charge in [-0.25, -0.2) is 9.97 Å². The molecule has 0 saturated carbocycles. The van der Waals surface area contributed by atoms with E-state index < -0.39 is 11.7 Å². The fourth-order valence-corrected chi connectivity index (χ4v) is 4.50. The van der Waals surface area contributed by atoms with E-state index in [0.29, 0.717) is 51.3 Å². The minimum atomic E-state index is -4.59. The summed E-state index contributed by atoms with van der Waals surface area (Å²) in [5.74, 6) is 0.823. The Bertz CT molecular complexity index is 950. The number of nitrogen functional groups attached to an aromatic ring is 1. The van der Waals surface area contributed by atoms with Crippen LogP contribution in [0.2, 0.25) is 0 Å². The molecule has 0 radical (unpaired) electrons. The summed E-state index contributed by atoms with van der Waals surface area (Å²) in [6.07, 6.45) is -1.55. The Balaban J connectivity index is 1.64. The van der Waals surface area contributed by atoms with E-state index >= 15 is 0 Å². The van der Waals surface area contributed by atoms with Gasteiger partial charge in [0.1, 0.15) is 11.6 Å². The van der Waals surface area contributed by atoms with E-state index in [4.69, 9.17) is 20.2 Å². The quantitative estimate of drug-likeness (QED) is 0.785. The van der Waals surface area contributed by atoms with Crippen LogP contribution < -0.4 is 15.5 Å². The molecule has 5 heterocycles. The molecule has 3 saturated heterocycles. The van der Waals surface area contributed by atoms with Crippen molar-refractivity contribution >= 4 is 17.6 Å². The van der Waals surface area contributed by atoms with Gasteiger partial charge in [0.05, 0.1) is 49.8 Å². The maximum atomic E-state index is 13.8. The lowest BCUT2D eigenvalue weighted by Gasteiger charge is -2.36. The molecule has 2 aromatic heterocycles. The number of morpholine rings is 2. The smallest absolute Gasteiger partial charge is 0.384 e. The van der Waals surface area contributed by atoms with E-state index in [1.165, 1.54) is 0 Å². The number of pyridine rings is 1. The molecule has 0 aliphatic carbocycles. The fourth-order valence-electron chi connectivity index (χ4n) is 4.50. The molecule has 3 aliphatic rings. The first-order valence-corrected chi connectivity index (χ1v) is 10.3. The predicted molar refractivity (Wildman–Crippen MR) is 108 cm³/mol. The number of aromatic nitrogens is 3. The van der Waals surface area contributed by atoms with Crippen molar-refractivity contribution in [2.45, 2.75) is 31.1 Å². The van der Waals surface area contributed by atoms with E-state index in [-0.39, 0.29) is 29.2 Å². The lowest BCUT2D eigenvalue weighted by Crippen LogP contribution is -2.47.